The van der Waals surface area contributed by atoms with Crippen molar-refractivity contribution in [1.82, 2.24) is 5.32 Å². The van der Waals surface area contributed by atoms with Gasteiger partial charge >= 0.3 is 6.18 Å². The van der Waals surface area contributed by atoms with Gasteiger partial charge in [-0.25, -0.2) is 0 Å². The van der Waals surface area contributed by atoms with E-state index in [4.69, 9.17) is 0 Å². The minimum absolute atomic E-state index is 0.229. The van der Waals surface area contributed by atoms with Crippen molar-refractivity contribution in [3.8, 4) is 0 Å². The molecule has 0 aliphatic rings. The van der Waals surface area contributed by atoms with Crippen molar-refractivity contribution < 1.29 is 18.0 Å². The van der Waals surface area contributed by atoms with Crippen LogP contribution in [0.15, 0.2) is 24.3 Å². The summed E-state index contributed by atoms with van der Waals surface area (Å²) in [5.41, 5.74) is -0.900. The summed E-state index contributed by atoms with van der Waals surface area (Å²) in [4.78, 5) is 12.0. The molecule has 0 radical (unpaired) electrons. The predicted molar refractivity (Wildman–Crippen MR) is 76.0 cm³/mol. The van der Waals surface area contributed by atoms with Crippen LogP contribution in [0.5, 0.6) is 0 Å². The molecule has 1 atom stereocenters. The Morgan fingerprint density at radius 1 is 1.25 bits per heavy atom. The number of halogens is 4. The number of carbonyl (C=O) groups is 1. The molecule has 0 saturated carbocycles. The van der Waals surface area contributed by atoms with Crippen LogP contribution < -0.4 is 5.32 Å². The Bertz CT molecular complexity index is 458. The van der Waals surface area contributed by atoms with Gasteiger partial charge in [0.2, 0.25) is 0 Å². The molecule has 1 amide bonds. The molecule has 0 aliphatic heterocycles. The quantitative estimate of drug-likeness (QED) is 0.783. The fraction of sp³-hybridized carbons (Fsp3) is 0.500. The molecule has 0 aromatic heterocycles. The third kappa shape index (κ3) is 4.51. The van der Waals surface area contributed by atoms with Crippen LogP contribution in [-0.2, 0) is 6.18 Å². The monoisotopic (exact) mass is 351 g/mol. The Hall–Kier alpha value is -1.04. The summed E-state index contributed by atoms with van der Waals surface area (Å²) < 4.78 is 37.3. The Kier molecular flexibility index (Phi) is 5.62. The van der Waals surface area contributed by atoms with Crippen LogP contribution in [0, 0.1) is 0 Å². The standard InChI is InChI=1S/C14H17BrF3NO/c1-3-13(2,8-9-15)19-12(20)10-4-6-11(7-5-10)14(16,17)18/h4-7H,3,8-9H2,1-2H3,(H,19,20). The van der Waals surface area contributed by atoms with E-state index in [1.165, 1.54) is 12.1 Å². The second-order valence-electron chi connectivity index (χ2n) is 4.88. The van der Waals surface area contributed by atoms with Crippen LogP contribution in [0.2, 0.25) is 0 Å². The molecule has 1 rings (SSSR count). The van der Waals surface area contributed by atoms with Crippen LogP contribution in [-0.4, -0.2) is 16.8 Å². The number of hydrogen-bond donors (Lipinski definition) is 1. The first-order valence-electron chi connectivity index (χ1n) is 6.27. The Morgan fingerprint density at radius 3 is 2.20 bits per heavy atom. The lowest BCUT2D eigenvalue weighted by molar-refractivity contribution is -0.137. The summed E-state index contributed by atoms with van der Waals surface area (Å²) >= 11 is 3.33. The molecule has 0 spiro atoms. The Morgan fingerprint density at radius 2 is 1.80 bits per heavy atom. The molecule has 2 nitrogen and oxygen atoms in total. The topological polar surface area (TPSA) is 29.1 Å². The zero-order valence-corrected chi connectivity index (χ0v) is 12.9. The Balaban J connectivity index is 2.83. The molecule has 20 heavy (non-hydrogen) atoms. The van der Waals surface area contributed by atoms with Gasteiger partial charge in [-0.15, -0.1) is 0 Å². The molecule has 1 unspecified atom stereocenters. The summed E-state index contributed by atoms with van der Waals surface area (Å²) in [7, 11) is 0. The van der Waals surface area contributed by atoms with Gasteiger partial charge in [0.05, 0.1) is 5.56 Å². The number of rotatable bonds is 5. The third-order valence-electron chi connectivity index (χ3n) is 3.32. The normalized spacial score (nSPS) is 14.7. The highest BCUT2D eigenvalue weighted by molar-refractivity contribution is 9.09. The van der Waals surface area contributed by atoms with Gasteiger partial charge in [0.1, 0.15) is 0 Å². The summed E-state index contributed by atoms with van der Waals surface area (Å²) in [6.45, 7) is 3.87. The molecule has 1 N–H and O–H groups in total. The van der Waals surface area contributed by atoms with Crippen LogP contribution in [0.1, 0.15) is 42.6 Å². The first-order chi connectivity index (χ1) is 9.22. The SMILES string of the molecule is CCC(C)(CCBr)NC(=O)c1ccc(C(F)(F)F)cc1. The predicted octanol–water partition coefficient (Wildman–Crippen LogP) is 4.39. The fourth-order valence-electron chi connectivity index (χ4n) is 1.69. The minimum atomic E-state index is -4.39. The number of alkyl halides is 4. The van der Waals surface area contributed by atoms with Gasteiger partial charge in [-0.1, -0.05) is 22.9 Å². The van der Waals surface area contributed by atoms with Gasteiger partial charge in [-0.2, -0.15) is 13.2 Å². The largest absolute Gasteiger partial charge is 0.416 e. The highest BCUT2D eigenvalue weighted by atomic mass is 79.9. The second kappa shape index (κ2) is 6.61. The summed E-state index contributed by atoms with van der Waals surface area (Å²) in [6.07, 6.45) is -2.90. The van der Waals surface area contributed by atoms with E-state index in [1.54, 1.807) is 0 Å². The molecule has 0 aliphatic carbocycles. The number of amides is 1. The summed E-state index contributed by atoms with van der Waals surface area (Å²) in [5, 5.41) is 3.61. The van der Waals surface area contributed by atoms with Gasteiger partial charge in [0.25, 0.3) is 5.91 Å². The van der Waals surface area contributed by atoms with E-state index in [9.17, 15) is 18.0 Å². The highest BCUT2D eigenvalue weighted by Crippen LogP contribution is 2.29. The number of hydrogen-bond acceptors (Lipinski definition) is 1. The maximum absolute atomic E-state index is 12.4. The van der Waals surface area contributed by atoms with Crippen molar-refractivity contribution in [2.75, 3.05) is 5.33 Å². The van der Waals surface area contributed by atoms with E-state index >= 15 is 0 Å². The maximum atomic E-state index is 12.4. The van der Waals surface area contributed by atoms with Gasteiger partial charge < -0.3 is 5.32 Å². The van der Waals surface area contributed by atoms with Crippen molar-refractivity contribution in [2.24, 2.45) is 0 Å². The fourth-order valence-corrected chi connectivity index (χ4v) is 2.57. The van der Waals surface area contributed by atoms with Crippen molar-refractivity contribution in [3.05, 3.63) is 35.4 Å². The minimum Gasteiger partial charge on any atom is -0.347 e. The lowest BCUT2D eigenvalue weighted by Crippen LogP contribution is -2.45. The third-order valence-corrected chi connectivity index (χ3v) is 3.71. The van der Waals surface area contributed by atoms with E-state index in [2.05, 4.69) is 21.2 Å². The average Bonchev–Trinajstić information content (AvgIpc) is 2.38. The van der Waals surface area contributed by atoms with E-state index in [0.717, 1.165) is 30.3 Å². The zero-order valence-electron chi connectivity index (χ0n) is 11.4. The Labute approximate surface area is 124 Å². The van der Waals surface area contributed by atoms with Crippen molar-refractivity contribution in [1.29, 1.82) is 0 Å². The zero-order chi connectivity index (χ0) is 15.4. The lowest BCUT2D eigenvalue weighted by Gasteiger charge is -2.29. The van der Waals surface area contributed by atoms with Crippen LogP contribution in [0.25, 0.3) is 0 Å². The number of carbonyl (C=O) groups excluding carboxylic acids is 1. The van der Waals surface area contributed by atoms with E-state index in [0.29, 0.717) is 0 Å². The summed E-state index contributed by atoms with van der Waals surface area (Å²) in [5.74, 6) is -0.357. The first kappa shape index (κ1) is 17.0. The van der Waals surface area contributed by atoms with Gasteiger partial charge in [0.15, 0.2) is 0 Å². The van der Waals surface area contributed by atoms with Crippen molar-refractivity contribution in [3.63, 3.8) is 0 Å². The molecule has 1 aromatic carbocycles. The highest BCUT2D eigenvalue weighted by Gasteiger charge is 2.30. The van der Waals surface area contributed by atoms with Crippen LogP contribution in [0.4, 0.5) is 13.2 Å². The molecular weight excluding hydrogens is 335 g/mol. The molecule has 0 bridgehead atoms. The van der Waals surface area contributed by atoms with Gasteiger partial charge in [-0.3, -0.25) is 4.79 Å². The maximum Gasteiger partial charge on any atom is 0.416 e. The first-order valence-corrected chi connectivity index (χ1v) is 7.40. The second-order valence-corrected chi connectivity index (χ2v) is 5.68. The number of nitrogens with one attached hydrogen (secondary N) is 1. The van der Waals surface area contributed by atoms with Crippen molar-refractivity contribution >= 4 is 21.8 Å². The van der Waals surface area contributed by atoms with Gasteiger partial charge in [0, 0.05) is 16.4 Å². The lowest BCUT2D eigenvalue weighted by atomic mass is 9.95. The van der Waals surface area contributed by atoms with Crippen LogP contribution >= 0.6 is 15.9 Å². The molecule has 6 heteroatoms. The molecular formula is C14H17BrF3NO. The molecule has 1 aromatic rings. The van der Waals surface area contributed by atoms with Gasteiger partial charge in [-0.05, 0) is 44.0 Å². The molecule has 0 saturated heterocycles. The van der Waals surface area contributed by atoms with Crippen molar-refractivity contribution in [2.45, 2.75) is 38.4 Å². The van der Waals surface area contributed by atoms with E-state index in [-0.39, 0.29) is 17.0 Å². The number of benzene rings is 1. The van der Waals surface area contributed by atoms with E-state index in [1.807, 2.05) is 13.8 Å². The smallest absolute Gasteiger partial charge is 0.347 e. The van der Waals surface area contributed by atoms with Crippen LogP contribution in [0.3, 0.4) is 0 Å². The summed E-state index contributed by atoms with van der Waals surface area (Å²) in [6, 6.07) is 4.23. The molecule has 0 fully saturated rings. The molecule has 112 valence electrons. The molecule has 0 heterocycles. The average molecular weight is 352 g/mol. The van der Waals surface area contributed by atoms with E-state index < -0.39 is 11.7 Å².